The van der Waals surface area contributed by atoms with E-state index >= 15 is 0 Å². The van der Waals surface area contributed by atoms with Crippen LogP contribution < -0.4 is 15.5 Å². The molecule has 4 aliphatic carbocycles. The van der Waals surface area contributed by atoms with Crippen molar-refractivity contribution in [3.63, 3.8) is 0 Å². The summed E-state index contributed by atoms with van der Waals surface area (Å²) in [4.78, 5) is 8.42. The van der Waals surface area contributed by atoms with E-state index in [1.54, 1.807) is 0 Å². The monoisotopic (exact) mass is 803 g/mol. The minimum Gasteiger partial charge on any atom is -0.340 e. The molecule has 6 aromatic carbocycles. The van der Waals surface area contributed by atoms with Gasteiger partial charge in [-0.05, 0) is 94.6 Å². The Morgan fingerprint density at radius 2 is 1.45 bits per heavy atom. The summed E-state index contributed by atoms with van der Waals surface area (Å²) in [5, 5.41) is 15.7. The molecule has 2 N–H and O–H groups in total. The highest BCUT2D eigenvalue weighted by molar-refractivity contribution is 6.22. The zero-order chi connectivity index (χ0) is 40.7. The van der Waals surface area contributed by atoms with Crippen molar-refractivity contribution in [2.75, 3.05) is 4.90 Å². The molecule has 8 atom stereocenters. The molecule has 0 spiro atoms. The van der Waals surface area contributed by atoms with Crippen LogP contribution in [0, 0.1) is 23.7 Å². The Kier molecular flexibility index (Phi) is 8.40. The van der Waals surface area contributed by atoms with Crippen molar-refractivity contribution >= 4 is 66.3 Å². The maximum absolute atomic E-state index is 5.77. The maximum atomic E-state index is 5.77. The predicted octanol–water partition coefficient (Wildman–Crippen LogP) is 12.7. The van der Waals surface area contributed by atoms with Gasteiger partial charge in [0.25, 0.3) is 0 Å². The van der Waals surface area contributed by atoms with Crippen molar-refractivity contribution in [1.82, 2.24) is 15.2 Å². The van der Waals surface area contributed by atoms with Gasteiger partial charge < -0.3 is 10.2 Å². The lowest BCUT2D eigenvalue weighted by atomic mass is 9.73. The van der Waals surface area contributed by atoms with Crippen LogP contribution in [0.3, 0.4) is 0 Å². The van der Waals surface area contributed by atoms with Gasteiger partial charge in [0.2, 0.25) is 5.96 Å². The van der Waals surface area contributed by atoms with Gasteiger partial charge in [0.1, 0.15) is 6.17 Å². The van der Waals surface area contributed by atoms with Crippen molar-refractivity contribution in [2.24, 2.45) is 28.7 Å². The van der Waals surface area contributed by atoms with Crippen molar-refractivity contribution in [2.45, 2.75) is 50.0 Å². The lowest BCUT2D eigenvalue weighted by Gasteiger charge is -2.41. The van der Waals surface area contributed by atoms with Crippen LogP contribution in [0.4, 0.5) is 11.4 Å². The van der Waals surface area contributed by atoms with Crippen LogP contribution in [0.1, 0.15) is 42.7 Å². The molecular formula is C57H49N5. The minimum atomic E-state index is -0.0869. The standard InChI is InChI=1S/C57H49N5/c1-2-14-36(15-3-1)40-21-12-22-43(32-40)55-58-56(44-29-28-37-16-4-5-18-39(37)33-44)60-57(59-55)62-51-27-13-26-50(53(51)48-34-41-19-6-7-20-42(41)35-52(48)62)61-49-25-11-10-24-46(49)47-31-30-38-17-8-9-23-45(38)54(47)61/h1-3,5-15,17-21,23-32,34-35,37,39,43-44,46,49,55-56,58H,4,16,22,33H2,(H,59,60). The van der Waals surface area contributed by atoms with Crippen LogP contribution in [0.2, 0.25) is 0 Å². The number of rotatable bonds is 4. The van der Waals surface area contributed by atoms with E-state index < -0.39 is 0 Å². The summed E-state index contributed by atoms with van der Waals surface area (Å²) in [7, 11) is 0. The highest BCUT2D eigenvalue weighted by Crippen LogP contribution is 2.53. The highest BCUT2D eigenvalue weighted by atomic mass is 15.4. The summed E-state index contributed by atoms with van der Waals surface area (Å²) in [6.45, 7) is 0. The van der Waals surface area contributed by atoms with Crippen molar-refractivity contribution in [3.8, 4) is 0 Å². The molecule has 7 aromatic rings. The number of nitrogens with one attached hydrogen (secondary N) is 2. The van der Waals surface area contributed by atoms with Crippen LogP contribution in [-0.4, -0.2) is 28.9 Å². The second-order valence-electron chi connectivity index (χ2n) is 18.2. The lowest BCUT2D eigenvalue weighted by Crippen LogP contribution is -2.60. The molecule has 8 unspecified atom stereocenters. The first-order valence-corrected chi connectivity index (χ1v) is 22.7. The van der Waals surface area contributed by atoms with Crippen LogP contribution >= 0.6 is 0 Å². The SMILES string of the molecule is C1=CC2c3ccc4ccccc4c3N(c3cccc4c3c3cc5ccccc5cc3n4C3=NC(C4C=CC5CCC=CC5C4)NC(C4C=C(c5ccccc5)C=CC4)N3)C2C=C1. The molecular weight excluding hydrogens is 755 g/mol. The summed E-state index contributed by atoms with van der Waals surface area (Å²) < 4.78 is 2.46. The Balaban J connectivity index is 1.02. The fourth-order valence-electron chi connectivity index (χ4n) is 11.8. The van der Waals surface area contributed by atoms with E-state index in [1.165, 1.54) is 78.8 Å². The van der Waals surface area contributed by atoms with Gasteiger partial charge in [0.15, 0.2) is 0 Å². The first kappa shape index (κ1) is 36.0. The van der Waals surface area contributed by atoms with Gasteiger partial charge in [0, 0.05) is 33.9 Å². The van der Waals surface area contributed by atoms with Crippen LogP contribution in [-0.2, 0) is 0 Å². The van der Waals surface area contributed by atoms with E-state index in [0.717, 1.165) is 24.3 Å². The van der Waals surface area contributed by atoms with Crippen molar-refractivity contribution in [3.05, 3.63) is 199 Å². The second-order valence-corrected chi connectivity index (χ2v) is 18.2. The first-order valence-electron chi connectivity index (χ1n) is 22.7. The minimum absolute atomic E-state index is 0.0305. The Labute approximate surface area is 362 Å². The molecule has 3 heterocycles. The van der Waals surface area contributed by atoms with Gasteiger partial charge in [-0.25, -0.2) is 4.99 Å². The summed E-state index contributed by atoms with van der Waals surface area (Å²) in [5.41, 5.74) is 8.79. The summed E-state index contributed by atoms with van der Waals surface area (Å²) in [6.07, 6.45) is 30.6. The first-order chi connectivity index (χ1) is 30.7. The van der Waals surface area contributed by atoms with Crippen molar-refractivity contribution < 1.29 is 0 Å². The van der Waals surface area contributed by atoms with E-state index in [9.17, 15) is 0 Å². The Hall–Kier alpha value is -6.69. The average molecular weight is 804 g/mol. The van der Waals surface area contributed by atoms with Gasteiger partial charge in [-0.15, -0.1) is 0 Å². The van der Waals surface area contributed by atoms with Crippen molar-refractivity contribution in [1.29, 1.82) is 0 Å². The third kappa shape index (κ3) is 5.75. The molecule has 62 heavy (non-hydrogen) atoms. The molecule has 6 aliphatic rings. The third-order valence-electron chi connectivity index (χ3n) is 14.7. The van der Waals surface area contributed by atoms with E-state index in [0.29, 0.717) is 11.8 Å². The number of aromatic nitrogens is 1. The number of aliphatic imine (C=N–C) groups is 1. The van der Waals surface area contributed by atoms with Gasteiger partial charge in [0.05, 0.1) is 34.6 Å². The number of benzene rings is 6. The Morgan fingerprint density at radius 1 is 0.629 bits per heavy atom. The fraction of sp³-hybridized carbons (Fsp3) is 0.211. The molecule has 0 radical (unpaired) electrons. The number of fused-ring (bicyclic) bond motifs is 10. The van der Waals surface area contributed by atoms with E-state index in [1.807, 2.05) is 0 Å². The zero-order valence-electron chi connectivity index (χ0n) is 34.7. The molecule has 13 rings (SSSR count). The largest absolute Gasteiger partial charge is 0.340 e. The van der Waals surface area contributed by atoms with Gasteiger partial charge in [-0.3, -0.25) is 9.88 Å². The maximum Gasteiger partial charge on any atom is 0.206 e. The predicted molar refractivity (Wildman–Crippen MR) is 259 cm³/mol. The summed E-state index contributed by atoms with van der Waals surface area (Å²) in [6, 6.07) is 45.2. The third-order valence-corrected chi connectivity index (χ3v) is 14.7. The van der Waals surface area contributed by atoms with Gasteiger partial charge in [-0.2, -0.15) is 0 Å². The molecule has 0 bridgehead atoms. The summed E-state index contributed by atoms with van der Waals surface area (Å²) in [5.74, 6) is 2.86. The fourth-order valence-corrected chi connectivity index (χ4v) is 11.8. The van der Waals surface area contributed by atoms with Gasteiger partial charge in [-0.1, -0.05) is 164 Å². The topological polar surface area (TPSA) is 44.6 Å². The van der Waals surface area contributed by atoms with Crippen LogP contribution in [0.15, 0.2) is 193 Å². The van der Waals surface area contributed by atoms with E-state index in [-0.39, 0.29) is 36.1 Å². The quantitative estimate of drug-likeness (QED) is 0.174. The average Bonchev–Trinajstić information content (AvgIpc) is 3.86. The summed E-state index contributed by atoms with van der Waals surface area (Å²) >= 11 is 0. The molecule has 302 valence electrons. The number of anilines is 2. The molecule has 0 amide bonds. The Bertz CT molecular complexity index is 3160. The lowest BCUT2D eigenvalue weighted by molar-refractivity contribution is 0.244. The van der Waals surface area contributed by atoms with E-state index in [4.69, 9.17) is 4.99 Å². The molecule has 5 nitrogen and oxygen atoms in total. The molecule has 2 aliphatic heterocycles. The van der Waals surface area contributed by atoms with Crippen LogP contribution in [0.25, 0.3) is 48.9 Å². The smallest absolute Gasteiger partial charge is 0.206 e. The zero-order valence-corrected chi connectivity index (χ0v) is 34.7. The molecule has 0 fully saturated rings. The number of allylic oxidation sites excluding steroid dienone is 8. The normalized spacial score (nSPS) is 27.3. The second kappa shape index (κ2) is 14.5. The molecule has 1 aromatic heterocycles. The van der Waals surface area contributed by atoms with Gasteiger partial charge >= 0.3 is 0 Å². The molecule has 0 saturated heterocycles. The number of hydrogen-bond acceptors (Lipinski definition) is 4. The number of nitrogens with zero attached hydrogens (tertiary/aromatic N) is 3. The Morgan fingerprint density at radius 3 is 2.37 bits per heavy atom. The van der Waals surface area contributed by atoms with Crippen LogP contribution in [0.5, 0.6) is 0 Å². The van der Waals surface area contributed by atoms with E-state index in [2.05, 4.69) is 208 Å². The molecule has 5 heteroatoms. The number of hydrogen-bond donors (Lipinski definition) is 2. The highest BCUT2D eigenvalue weighted by Gasteiger charge is 2.41. The molecule has 0 saturated carbocycles.